The highest BCUT2D eigenvalue weighted by Crippen LogP contribution is 2.29. The molecular weight excluding hydrogens is 394 g/mol. The number of piperazine rings is 1. The van der Waals surface area contributed by atoms with Gasteiger partial charge in [-0.1, -0.05) is 18.2 Å². The van der Waals surface area contributed by atoms with E-state index < -0.39 is 6.04 Å². The highest BCUT2D eigenvalue weighted by atomic mass is 16.2. The number of aromatic amines is 1. The number of nitrogens with zero attached hydrogens (tertiary/aromatic N) is 2. The van der Waals surface area contributed by atoms with Gasteiger partial charge in [-0.3, -0.25) is 9.59 Å². The molecule has 4 rings (SSSR count). The summed E-state index contributed by atoms with van der Waals surface area (Å²) in [4.78, 5) is 45.0. The van der Waals surface area contributed by atoms with Gasteiger partial charge >= 0.3 is 6.03 Å². The predicted molar refractivity (Wildman–Crippen MR) is 118 cm³/mol. The van der Waals surface area contributed by atoms with Crippen LogP contribution in [0, 0.1) is 5.92 Å². The lowest BCUT2D eigenvalue weighted by molar-refractivity contribution is -0.138. The second kappa shape index (κ2) is 8.99. The number of carbonyl (C=O) groups excluding carboxylic acids is 3. The third kappa shape index (κ3) is 4.68. The van der Waals surface area contributed by atoms with Crippen molar-refractivity contribution in [3.05, 3.63) is 36.0 Å². The van der Waals surface area contributed by atoms with Gasteiger partial charge in [0.1, 0.15) is 6.04 Å². The van der Waals surface area contributed by atoms with E-state index in [0.717, 1.165) is 29.3 Å². The molecule has 8 heteroatoms. The van der Waals surface area contributed by atoms with Crippen LogP contribution in [0.15, 0.2) is 30.5 Å². The number of hydrogen-bond donors (Lipinski definition) is 3. The minimum atomic E-state index is -0.615. The van der Waals surface area contributed by atoms with E-state index in [1.54, 1.807) is 9.80 Å². The normalized spacial score (nSPS) is 19.9. The minimum absolute atomic E-state index is 0.0341. The molecule has 0 spiro atoms. The zero-order valence-corrected chi connectivity index (χ0v) is 18.2. The Morgan fingerprint density at radius 1 is 1.19 bits per heavy atom. The SMILES string of the molecule is CCNC(=O)N1CCN(C(=O)C(Cc2c[nH]c3ccccc23)NC(=O)C2CC2)CC1C. The molecule has 4 amide bonds. The van der Waals surface area contributed by atoms with Gasteiger partial charge in [-0.25, -0.2) is 4.79 Å². The number of rotatable bonds is 6. The van der Waals surface area contributed by atoms with Gasteiger partial charge in [-0.05, 0) is 38.3 Å². The van der Waals surface area contributed by atoms with E-state index in [-0.39, 0.29) is 29.8 Å². The fraction of sp³-hybridized carbons (Fsp3) is 0.522. The Bertz CT molecular complexity index is 967. The molecule has 31 heavy (non-hydrogen) atoms. The van der Waals surface area contributed by atoms with Crippen LogP contribution in [0.2, 0.25) is 0 Å². The van der Waals surface area contributed by atoms with Gasteiger partial charge in [-0.2, -0.15) is 0 Å². The molecule has 1 aliphatic carbocycles. The van der Waals surface area contributed by atoms with Crippen molar-refractivity contribution in [1.29, 1.82) is 0 Å². The van der Waals surface area contributed by atoms with Crippen LogP contribution < -0.4 is 10.6 Å². The van der Waals surface area contributed by atoms with E-state index in [9.17, 15) is 14.4 Å². The first kappa shape index (κ1) is 21.2. The van der Waals surface area contributed by atoms with Crippen LogP contribution in [0.3, 0.4) is 0 Å². The van der Waals surface area contributed by atoms with Crippen LogP contribution in [-0.4, -0.2) is 70.9 Å². The van der Waals surface area contributed by atoms with Crippen molar-refractivity contribution in [3.63, 3.8) is 0 Å². The van der Waals surface area contributed by atoms with Crippen molar-refractivity contribution < 1.29 is 14.4 Å². The van der Waals surface area contributed by atoms with Gasteiger partial charge in [-0.15, -0.1) is 0 Å². The maximum absolute atomic E-state index is 13.5. The van der Waals surface area contributed by atoms with E-state index in [1.165, 1.54) is 0 Å². The van der Waals surface area contributed by atoms with E-state index >= 15 is 0 Å². The Kier molecular flexibility index (Phi) is 6.15. The van der Waals surface area contributed by atoms with Crippen LogP contribution in [-0.2, 0) is 16.0 Å². The molecule has 2 fully saturated rings. The molecule has 1 aromatic heterocycles. The molecule has 0 radical (unpaired) electrons. The number of carbonyl (C=O) groups is 3. The number of amides is 4. The quantitative estimate of drug-likeness (QED) is 0.659. The summed E-state index contributed by atoms with van der Waals surface area (Å²) >= 11 is 0. The van der Waals surface area contributed by atoms with Gasteiger partial charge in [0, 0.05) is 61.7 Å². The van der Waals surface area contributed by atoms with Gasteiger partial charge in [0.15, 0.2) is 0 Å². The maximum Gasteiger partial charge on any atom is 0.317 e. The predicted octanol–water partition coefficient (Wildman–Crippen LogP) is 1.87. The molecule has 2 atom stereocenters. The Morgan fingerprint density at radius 3 is 2.68 bits per heavy atom. The summed E-state index contributed by atoms with van der Waals surface area (Å²) in [5.41, 5.74) is 2.03. The molecule has 2 unspecified atom stereocenters. The van der Waals surface area contributed by atoms with E-state index in [0.29, 0.717) is 32.6 Å². The molecule has 1 saturated heterocycles. The zero-order chi connectivity index (χ0) is 22.0. The second-order valence-corrected chi connectivity index (χ2v) is 8.56. The summed E-state index contributed by atoms with van der Waals surface area (Å²) in [6.07, 6.45) is 4.14. The number of nitrogens with one attached hydrogen (secondary N) is 3. The molecule has 3 N–H and O–H groups in total. The molecule has 0 bridgehead atoms. The molecule has 1 aromatic carbocycles. The third-order valence-corrected chi connectivity index (χ3v) is 6.19. The fourth-order valence-corrected chi connectivity index (χ4v) is 4.29. The van der Waals surface area contributed by atoms with Gasteiger partial charge < -0.3 is 25.4 Å². The molecule has 1 saturated carbocycles. The number of para-hydroxylation sites is 1. The number of benzene rings is 1. The van der Waals surface area contributed by atoms with Crippen molar-refractivity contribution in [2.45, 2.75) is 45.2 Å². The first-order chi connectivity index (χ1) is 15.0. The zero-order valence-electron chi connectivity index (χ0n) is 18.2. The number of urea groups is 1. The third-order valence-electron chi connectivity index (χ3n) is 6.19. The number of hydrogen-bond acceptors (Lipinski definition) is 3. The number of fused-ring (bicyclic) bond motifs is 1. The van der Waals surface area contributed by atoms with Crippen LogP contribution >= 0.6 is 0 Å². The van der Waals surface area contributed by atoms with Gasteiger partial charge in [0.05, 0.1) is 0 Å². The number of H-pyrrole nitrogens is 1. The van der Waals surface area contributed by atoms with Crippen molar-refractivity contribution >= 4 is 28.7 Å². The first-order valence-corrected chi connectivity index (χ1v) is 11.2. The summed E-state index contributed by atoms with van der Waals surface area (Å²) in [6.45, 7) is 5.82. The summed E-state index contributed by atoms with van der Waals surface area (Å²) in [7, 11) is 0. The van der Waals surface area contributed by atoms with E-state index in [2.05, 4.69) is 15.6 Å². The lowest BCUT2D eigenvalue weighted by Gasteiger charge is -2.41. The highest BCUT2D eigenvalue weighted by molar-refractivity contribution is 5.91. The molecule has 2 heterocycles. The van der Waals surface area contributed by atoms with Crippen molar-refractivity contribution in [2.75, 3.05) is 26.2 Å². The molecule has 8 nitrogen and oxygen atoms in total. The molecule has 2 aliphatic rings. The Balaban J connectivity index is 1.49. The average Bonchev–Trinajstić information content (AvgIpc) is 3.54. The Hall–Kier alpha value is -3.03. The topological polar surface area (TPSA) is 97.5 Å². The van der Waals surface area contributed by atoms with Crippen LogP contribution in [0.4, 0.5) is 4.79 Å². The monoisotopic (exact) mass is 425 g/mol. The van der Waals surface area contributed by atoms with Crippen molar-refractivity contribution in [1.82, 2.24) is 25.4 Å². The smallest absolute Gasteiger partial charge is 0.317 e. The summed E-state index contributed by atoms with van der Waals surface area (Å²) in [6, 6.07) is 7.17. The standard InChI is InChI=1S/C23H31N5O3/c1-3-24-23(31)28-11-10-27(14-15(28)2)22(30)20(26-21(29)16-8-9-16)12-17-13-25-19-7-5-4-6-18(17)19/h4-7,13,15-16,20,25H,3,8-12,14H2,1-2H3,(H,24,31)(H,26,29). The van der Waals surface area contributed by atoms with Gasteiger partial charge in [0.25, 0.3) is 0 Å². The summed E-state index contributed by atoms with van der Waals surface area (Å²) in [5, 5.41) is 6.90. The minimum Gasteiger partial charge on any atom is -0.361 e. The van der Waals surface area contributed by atoms with Crippen LogP contribution in [0.25, 0.3) is 10.9 Å². The largest absolute Gasteiger partial charge is 0.361 e. The lowest BCUT2D eigenvalue weighted by atomic mass is 10.0. The van der Waals surface area contributed by atoms with Crippen molar-refractivity contribution in [3.8, 4) is 0 Å². The van der Waals surface area contributed by atoms with Crippen LogP contribution in [0.1, 0.15) is 32.3 Å². The average molecular weight is 426 g/mol. The molecular formula is C23H31N5O3. The van der Waals surface area contributed by atoms with Crippen LogP contribution in [0.5, 0.6) is 0 Å². The van der Waals surface area contributed by atoms with E-state index in [4.69, 9.17) is 0 Å². The summed E-state index contributed by atoms with van der Waals surface area (Å²) < 4.78 is 0. The summed E-state index contributed by atoms with van der Waals surface area (Å²) in [5.74, 6) is -0.0827. The van der Waals surface area contributed by atoms with Gasteiger partial charge in [0.2, 0.25) is 11.8 Å². The molecule has 2 aromatic rings. The maximum atomic E-state index is 13.5. The van der Waals surface area contributed by atoms with E-state index in [1.807, 2.05) is 44.3 Å². The first-order valence-electron chi connectivity index (χ1n) is 11.2. The highest BCUT2D eigenvalue weighted by Gasteiger charge is 2.36. The van der Waals surface area contributed by atoms with Crippen molar-refractivity contribution in [2.24, 2.45) is 5.92 Å². The number of aromatic nitrogens is 1. The second-order valence-electron chi connectivity index (χ2n) is 8.56. The molecule has 166 valence electrons. The lowest BCUT2D eigenvalue weighted by Crippen LogP contribution is -2.60. The Morgan fingerprint density at radius 2 is 1.97 bits per heavy atom. The Labute approximate surface area is 182 Å². The molecule has 1 aliphatic heterocycles. The fourth-order valence-electron chi connectivity index (χ4n) is 4.29.